The van der Waals surface area contributed by atoms with Gasteiger partial charge in [0, 0.05) is 6.04 Å². The van der Waals surface area contributed by atoms with E-state index in [1.54, 1.807) is 0 Å². The van der Waals surface area contributed by atoms with Gasteiger partial charge in [-0.25, -0.2) is 0 Å². The summed E-state index contributed by atoms with van der Waals surface area (Å²) in [6.07, 6.45) is 1.19. The first-order valence-corrected chi connectivity index (χ1v) is 2.94. The molecule has 2 N–H and O–H groups in total. The van der Waals surface area contributed by atoms with Gasteiger partial charge >= 0.3 is 0 Å². The predicted molar refractivity (Wildman–Crippen MR) is 40.4 cm³/mol. The van der Waals surface area contributed by atoms with Crippen LogP contribution < -0.4 is 5.73 Å². The lowest BCUT2D eigenvalue weighted by Crippen LogP contribution is -2.23. The maximum Gasteiger partial charge on any atom is 0.00360 e. The molecule has 0 aromatic heterocycles. The molecule has 0 fully saturated rings. The maximum absolute atomic E-state index is 5.55. The van der Waals surface area contributed by atoms with Crippen molar-refractivity contribution in [2.45, 2.75) is 33.2 Å². The fraction of sp³-hybridized carbons (Fsp3) is 1.00. The lowest BCUT2D eigenvalue weighted by Gasteiger charge is -2.10. The molecule has 0 rings (SSSR count). The van der Waals surface area contributed by atoms with Crippen LogP contribution in [0.15, 0.2) is 0 Å². The van der Waals surface area contributed by atoms with Crippen molar-refractivity contribution in [1.82, 2.24) is 0 Å². The van der Waals surface area contributed by atoms with Crippen LogP contribution in [-0.4, -0.2) is 6.04 Å². The Morgan fingerprint density at radius 3 is 1.75 bits per heavy atom. The number of hydrogen-bond acceptors (Lipinski definition) is 1. The van der Waals surface area contributed by atoms with E-state index in [9.17, 15) is 0 Å². The fourth-order valence-electron chi connectivity index (χ4n) is 0.372. The van der Waals surface area contributed by atoms with E-state index in [1.165, 1.54) is 6.42 Å². The highest BCUT2D eigenvalue weighted by atomic mass is 35.5. The third kappa shape index (κ3) is 4.41. The zero-order valence-corrected chi connectivity index (χ0v) is 6.66. The molecule has 0 heterocycles. The van der Waals surface area contributed by atoms with Crippen LogP contribution in [0.25, 0.3) is 0 Å². The van der Waals surface area contributed by atoms with Crippen molar-refractivity contribution in [1.29, 1.82) is 0 Å². The molecule has 2 atom stereocenters. The van der Waals surface area contributed by atoms with Crippen molar-refractivity contribution in [3.05, 3.63) is 0 Å². The van der Waals surface area contributed by atoms with E-state index < -0.39 is 0 Å². The smallest absolute Gasteiger partial charge is 0.00360 e. The quantitative estimate of drug-likeness (QED) is 0.617. The molecule has 0 spiro atoms. The predicted octanol–water partition coefficient (Wildman–Crippen LogP) is 1.80. The Kier molecular flexibility index (Phi) is 7.48. The SMILES string of the molecule is CC[C@H](C)[C@@H](C)N.Cl. The summed E-state index contributed by atoms with van der Waals surface area (Å²) in [5.41, 5.74) is 5.55. The van der Waals surface area contributed by atoms with E-state index in [0.29, 0.717) is 12.0 Å². The van der Waals surface area contributed by atoms with Crippen LogP contribution in [0.3, 0.4) is 0 Å². The van der Waals surface area contributed by atoms with Gasteiger partial charge in [0.1, 0.15) is 0 Å². The van der Waals surface area contributed by atoms with Crippen LogP contribution in [0.4, 0.5) is 0 Å². The molecule has 0 bridgehead atoms. The number of rotatable bonds is 2. The molecule has 0 amide bonds. The summed E-state index contributed by atoms with van der Waals surface area (Å²) in [5, 5.41) is 0. The topological polar surface area (TPSA) is 26.0 Å². The first-order valence-electron chi connectivity index (χ1n) is 2.94. The van der Waals surface area contributed by atoms with Crippen molar-refractivity contribution < 1.29 is 0 Å². The second-order valence-corrected chi connectivity index (χ2v) is 2.24. The minimum Gasteiger partial charge on any atom is -0.328 e. The van der Waals surface area contributed by atoms with Crippen molar-refractivity contribution in [3.8, 4) is 0 Å². The number of halogens is 1. The van der Waals surface area contributed by atoms with E-state index in [-0.39, 0.29) is 12.4 Å². The van der Waals surface area contributed by atoms with Crippen LogP contribution in [0.5, 0.6) is 0 Å². The first kappa shape index (κ1) is 11.1. The molecule has 0 saturated carbocycles. The van der Waals surface area contributed by atoms with E-state index in [1.807, 2.05) is 6.92 Å². The van der Waals surface area contributed by atoms with Gasteiger partial charge in [-0.1, -0.05) is 20.3 Å². The summed E-state index contributed by atoms with van der Waals surface area (Å²) in [7, 11) is 0. The second-order valence-electron chi connectivity index (χ2n) is 2.24. The van der Waals surface area contributed by atoms with Gasteiger partial charge in [0.05, 0.1) is 0 Å². The molecular formula is C6H16ClN. The first-order chi connectivity index (χ1) is 3.18. The summed E-state index contributed by atoms with van der Waals surface area (Å²) in [5.74, 6) is 0.681. The summed E-state index contributed by atoms with van der Waals surface area (Å²) in [6, 6.07) is 0.366. The van der Waals surface area contributed by atoms with Gasteiger partial charge in [0.15, 0.2) is 0 Å². The van der Waals surface area contributed by atoms with Gasteiger partial charge in [-0.15, -0.1) is 12.4 Å². The molecule has 52 valence electrons. The van der Waals surface area contributed by atoms with Crippen LogP contribution in [0, 0.1) is 5.92 Å². The largest absolute Gasteiger partial charge is 0.328 e. The van der Waals surface area contributed by atoms with Crippen LogP contribution in [-0.2, 0) is 0 Å². The summed E-state index contributed by atoms with van der Waals surface area (Å²) in [6.45, 7) is 6.38. The van der Waals surface area contributed by atoms with Crippen molar-refractivity contribution >= 4 is 12.4 Å². The molecule has 1 nitrogen and oxygen atoms in total. The van der Waals surface area contributed by atoms with Gasteiger partial charge in [0.2, 0.25) is 0 Å². The summed E-state index contributed by atoms with van der Waals surface area (Å²) >= 11 is 0. The normalized spacial score (nSPS) is 16.5. The van der Waals surface area contributed by atoms with Gasteiger partial charge < -0.3 is 5.73 Å². The average molecular weight is 138 g/mol. The second kappa shape index (κ2) is 5.39. The minimum absolute atomic E-state index is 0. The standard InChI is InChI=1S/C6H15N.ClH/c1-4-5(2)6(3)7;/h5-6H,4,7H2,1-3H3;1H/t5-,6+;/m0./s1. The zero-order chi connectivity index (χ0) is 5.86. The number of nitrogens with two attached hydrogens (primary N) is 1. The fourth-order valence-corrected chi connectivity index (χ4v) is 0.372. The van der Waals surface area contributed by atoms with E-state index in [4.69, 9.17) is 5.73 Å². The molecule has 0 aromatic carbocycles. The Hall–Kier alpha value is 0.250. The Labute approximate surface area is 58.1 Å². The lowest BCUT2D eigenvalue weighted by atomic mass is 10.0. The Bertz CT molecular complexity index is 45.8. The average Bonchev–Trinajstić information content (AvgIpc) is 1.65. The lowest BCUT2D eigenvalue weighted by molar-refractivity contribution is 0.470. The molecule has 2 heteroatoms. The third-order valence-corrected chi connectivity index (χ3v) is 1.54. The molecule has 0 unspecified atom stereocenters. The number of hydrogen-bond donors (Lipinski definition) is 1. The van der Waals surface area contributed by atoms with E-state index >= 15 is 0 Å². The Morgan fingerprint density at radius 2 is 1.75 bits per heavy atom. The molecule has 0 aliphatic rings. The third-order valence-electron chi connectivity index (χ3n) is 1.54. The van der Waals surface area contributed by atoms with E-state index in [0.717, 1.165) is 0 Å². The molecule has 0 aliphatic heterocycles. The van der Waals surface area contributed by atoms with Gasteiger partial charge in [-0.3, -0.25) is 0 Å². The monoisotopic (exact) mass is 137 g/mol. The zero-order valence-electron chi connectivity index (χ0n) is 5.85. The molecule has 0 radical (unpaired) electrons. The van der Waals surface area contributed by atoms with Gasteiger partial charge in [-0.05, 0) is 12.8 Å². The van der Waals surface area contributed by atoms with Crippen molar-refractivity contribution in [2.75, 3.05) is 0 Å². The maximum atomic E-state index is 5.55. The molecule has 0 saturated heterocycles. The molecule has 8 heavy (non-hydrogen) atoms. The van der Waals surface area contributed by atoms with Crippen molar-refractivity contribution in [3.63, 3.8) is 0 Å². The van der Waals surface area contributed by atoms with Gasteiger partial charge in [0.25, 0.3) is 0 Å². The highest BCUT2D eigenvalue weighted by Crippen LogP contribution is 2.02. The van der Waals surface area contributed by atoms with Crippen LogP contribution in [0.2, 0.25) is 0 Å². The highest BCUT2D eigenvalue weighted by molar-refractivity contribution is 5.85. The van der Waals surface area contributed by atoms with E-state index in [2.05, 4.69) is 13.8 Å². The molecule has 0 aromatic rings. The molecule has 0 aliphatic carbocycles. The summed E-state index contributed by atoms with van der Waals surface area (Å²) < 4.78 is 0. The Morgan fingerprint density at radius 1 is 1.38 bits per heavy atom. The highest BCUT2D eigenvalue weighted by Gasteiger charge is 2.01. The molecular weight excluding hydrogens is 122 g/mol. The minimum atomic E-state index is 0. The Balaban J connectivity index is 0. The summed E-state index contributed by atoms with van der Waals surface area (Å²) in [4.78, 5) is 0. The van der Waals surface area contributed by atoms with Gasteiger partial charge in [-0.2, -0.15) is 0 Å². The van der Waals surface area contributed by atoms with Crippen LogP contribution in [0.1, 0.15) is 27.2 Å². The van der Waals surface area contributed by atoms with Crippen molar-refractivity contribution in [2.24, 2.45) is 11.7 Å². The van der Waals surface area contributed by atoms with Crippen LogP contribution >= 0.6 is 12.4 Å².